The molecule has 1 aliphatic heterocycles. The van der Waals surface area contributed by atoms with E-state index >= 15 is 0 Å². The zero-order valence-corrected chi connectivity index (χ0v) is 13.8. The van der Waals surface area contributed by atoms with Crippen LogP contribution in [-0.2, 0) is 6.42 Å². The van der Waals surface area contributed by atoms with Gasteiger partial charge in [0, 0.05) is 25.6 Å². The van der Waals surface area contributed by atoms with Crippen molar-refractivity contribution < 1.29 is 19.2 Å². The number of aryl methyl sites for hydroxylation is 1. The van der Waals surface area contributed by atoms with E-state index in [0.29, 0.717) is 43.8 Å². The molecule has 0 saturated carbocycles. The maximum Gasteiger partial charge on any atom is 0.276 e. The Morgan fingerprint density at radius 3 is 2.67 bits per heavy atom. The van der Waals surface area contributed by atoms with Crippen molar-refractivity contribution in [3.8, 4) is 5.75 Å². The van der Waals surface area contributed by atoms with Crippen LogP contribution in [0.3, 0.4) is 0 Å². The van der Waals surface area contributed by atoms with E-state index in [2.05, 4.69) is 5.16 Å². The molecular formula is C18H22N2O4. The highest BCUT2D eigenvalue weighted by Crippen LogP contribution is 2.25. The Labute approximate surface area is 141 Å². The summed E-state index contributed by atoms with van der Waals surface area (Å²) in [6, 6.07) is 11.1. The standard InChI is InChI=1S/C18H22N2O4/c1-2-14-12-16(19-24-14)17(21)20-10-8-18(22,9-11-20)13-23-15-6-4-3-5-7-15/h3-7,12,22H,2,8-11,13H2,1H3. The molecule has 1 fully saturated rings. The predicted octanol–water partition coefficient (Wildman–Crippen LogP) is 2.28. The number of para-hydroxylation sites is 1. The van der Waals surface area contributed by atoms with E-state index in [1.807, 2.05) is 37.3 Å². The molecule has 1 aliphatic rings. The number of hydrogen-bond donors (Lipinski definition) is 1. The zero-order chi connectivity index (χ0) is 17.0. The lowest BCUT2D eigenvalue weighted by molar-refractivity contribution is -0.0476. The number of aliphatic hydroxyl groups is 1. The second-order valence-electron chi connectivity index (χ2n) is 6.15. The van der Waals surface area contributed by atoms with Gasteiger partial charge in [-0.3, -0.25) is 4.79 Å². The third kappa shape index (κ3) is 3.76. The minimum Gasteiger partial charge on any atom is -0.491 e. The zero-order valence-electron chi connectivity index (χ0n) is 13.8. The molecule has 1 aromatic heterocycles. The van der Waals surface area contributed by atoms with Crippen LogP contribution in [0.1, 0.15) is 36.0 Å². The number of ether oxygens (including phenoxy) is 1. The Hall–Kier alpha value is -2.34. The average Bonchev–Trinajstić information content (AvgIpc) is 3.10. The number of amides is 1. The number of carbonyl (C=O) groups excluding carboxylic acids is 1. The van der Waals surface area contributed by atoms with Crippen molar-refractivity contribution in [2.75, 3.05) is 19.7 Å². The fourth-order valence-corrected chi connectivity index (χ4v) is 2.75. The van der Waals surface area contributed by atoms with Gasteiger partial charge in [-0.2, -0.15) is 0 Å². The molecule has 1 aromatic carbocycles. The molecule has 0 spiro atoms. The van der Waals surface area contributed by atoms with E-state index in [-0.39, 0.29) is 12.5 Å². The number of carbonyl (C=O) groups is 1. The summed E-state index contributed by atoms with van der Waals surface area (Å²) in [4.78, 5) is 14.1. The van der Waals surface area contributed by atoms with Crippen LogP contribution in [0.5, 0.6) is 5.75 Å². The summed E-state index contributed by atoms with van der Waals surface area (Å²) < 4.78 is 10.8. The van der Waals surface area contributed by atoms with Gasteiger partial charge in [-0.15, -0.1) is 0 Å². The molecule has 3 rings (SSSR count). The van der Waals surface area contributed by atoms with Crippen molar-refractivity contribution in [1.29, 1.82) is 0 Å². The van der Waals surface area contributed by atoms with Crippen LogP contribution in [0.15, 0.2) is 40.9 Å². The number of nitrogens with zero attached hydrogens (tertiary/aromatic N) is 2. The molecule has 0 bridgehead atoms. The molecule has 128 valence electrons. The second-order valence-corrected chi connectivity index (χ2v) is 6.15. The largest absolute Gasteiger partial charge is 0.491 e. The first-order valence-corrected chi connectivity index (χ1v) is 8.25. The first-order chi connectivity index (χ1) is 11.6. The summed E-state index contributed by atoms with van der Waals surface area (Å²) in [7, 11) is 0. The van der Waals surface area contributed by atoms with Crippen molar-refractivity contribution in [2.24, 2.45) is 0 Å². The van der Waals surface area contributed by atoms with E-state index in [4.69, 9.17) is 9.26 Å². The highest BCUT2D eigenvalue weighted by atomic mass is 16.5. The van der Waals surface area contributed by atoms with Crippen molar-refractivity contribution in [1.82, 2.24) is 10.1 Å². The van der Waals surface area contributed by atoms with E-state index in [0.717, 1.165) is 5.75 Å². The maximum atomic E-state index is 12.4. The van der Waals surface area contributed by atoms with Crippen molar-refractivity contribution in [2.45, 2.75) is 31.8 Å². The molecule has 0 aliphatic carbocycles. The third-order valence-electron chi connectivity index (χ3n) is 4.36. The van der Waals surface area contributed by atoms with Crippen LogP contribution >= 0.6 is 0 Å². The Morgan fingerprint density at radius 1 is 1.33 bits per heavy atom. The summed E-state index contributed by atoms with van der Waals surface area (Å²) in [6.07, 6.45) is 1.66. The van der Waals surface area contributed by atoms with Crippen LogP contribution in [0.4, 0.5) is 0 Å². The first-order valence-electron chi connectivity index (χ1n) is 8.25. The lowest BCUT2D eigenvalue weighted by atomic mass is 9.92. The minimum absolute atomic E-state index is 0.149. The summed E-state index contributed by atoms with van der Waals surface area (Å²) in [6.45, 7) is 3.12. The van der Waals surface area contributed by atoms with Gasteiger partial charge in [0.25, 0.3) is 5.91 Å². The van der Waals surface area contributed by atoms with Gasteiger partial charge in [0.05, 0.1) is 0 Å². The van der Waals surface area contributed by atoms with Crippen molar-refractivity contribution in [3.63, 3.8) is 0 Å². The van der Waals surface area contributed by atoms with E-state index < -0.39 is 5.60 Å². The molecule has 6 heteroatoms. The molecule has 2 heterocycles. The predicted molar refractivity (Wildman–Crippen MR) is 87.9 cm³/mol. The van der Waals surface area contributed by atoms with E-state index in [9.17, 15) is 9.90 Å². The summed E-state index contributed by atoms with van der Waals surface area (Å²) >= 11 is 0. The molecule has 6 nitrogen and oxygen atoms in total. The van der Waals surface area contributed by atoms with Gasteiger partial charge in [0.1, 0.15) is 23.7 Å². The van der Waals surface area contributed by atoms with Gasteiger partial charge in [-0.05, 0) is 25.0 Å². The maximum absolute atomic E-state index is 12.4. The van der Waals surface area contributed by atoms with E-state index in [1.54, 1.807) is 11.0 Å². The highest BCUT2D eigenvalue weighted by Gasteiger charge is 2.35. The molecule has 0 unspecified atom stereocenters. The Bertz CT molecular complexity index is 675. The average molecular weight is 330 g/mol. The highest BCUT2D eigenvalue weighted by molar-refractivity contribution is 5.92. The SMILES string of the molecule is CCc1cc(C(=O)N2CCC(O)(COc3ccccc3)CC2)no1. The van der Waals surface area contributed by atoms with Gasteiger partial charge in [0.15, 0.2) is 5.69 Å². The number of likely N-dealkylation sites (tertiary alicyclic amines) is 1. The van der Waals surface area contributed by atoms with Gasteiger partial charge in [0.2, 0.25) is 0 Å². The van der Waals surface area contributed by atoms with Crippen LogP contribution in [0, 0.1) is 0 Å². The van der Waals surface area contributed by atoms with Gasteiger partial charge in [-0.1, -0.05) is 30.3 Å². The molecule has 0 atom stereocenters. The lowest BCUT2D eigenvalue weighted by Crippen LogP contribution is -2.49. The Morgan fingerprint density at radius 2 is 2.04 bits per heavy atom. The van der Waals surface area contributed by atoms with Crippen LogP contribution in [-0.4, -0.2) is 46.4 Å². The van der Waals surface area contributed by atoms with Crippen LogP contribution < -0.4 is 4.74 Å². The fraction of sp³-hybridized carbons (Fsp3) is 0.444. The first kappa shape index (κ1) is 16.5. The molecule has 0 radical (unpaired) electrons. The Kier molecular flexibility index (Phi) is 4.85. The second kappa shape index (κ2) is 7.05. The van der Waals surface area contributed by atoms with Crippen LogP contribution in [0.25, 0.3) is 0 Å². The number of benzene rings is 1. The fourth-order valence-electron chi connectivity index (χ4n) is 2.75. The van der Waals surface area contributed by atoms with E-state index in [1.165, 1.54) is 0 Å². The molecule has 1 amide bonds. The van der Waals surface area contributed by atoms with Crippen molar-refractivity contribution >= 4 is 5.91 Å². The summed E-state index contributed by atoms with van der Waals surface area (Å²) in [5, 5.41) is 14.5. The lowest BCUT2D eigenvalue weighted by Gasteiger charge is -2.37. The van der Waals surface area contributed by atoms with Gasteiger partial charge < -0.3 is 19.3 Å². The molecule has 2 aromatic rings. The number of piperidine rings is 1. The van der Waals surface area contributed by atoms with Crippen molar-refractivity contribution in [3.05, 3.63) is 47.9 Å². The molecule has 1 saturated heterocycles. The smallest absolute Gasteiger partial charge is 0.276 e. The molecule has 24 heavy (non-hydrogen) atoms. The molecular weight excluding hydrogens is 308 g/mol. The van der Waals surface area contributed by atoms with Gasteiger partial charge in [-0.25, -0.2) is 0 Å². The quantitative estimate of drug-likeness (QED) is 0.910. The summed E-state index contributed by atoms with van der Waals surface area (Å²) in [5.74, 6) is 1.28. The number of hydrogen-bond acceptors (Lipinski definition) is 5. The third-order valence-corrected chi connectivity index (χ3v) is 4.36. The minimum atomic E-state index is -0.912. The summed E-state index contributed by atoms with van der Waals surface area (Å²) in [5.41, 5.74) is -0.580. The van der Waals surface area contributed by atoms with Crippen LogP contribution in [0.2, 0.25) is 0 Å². The monoisotopic (exact) mass is 330 g/mol. The normalized spacial score (nSPS) is 16.8. The molecule has 1 N–H and O–H groups in total. The Balaban J connectivity index is 1.53. The van der Waals surface area contributed by atoms with Gasteiger partial charge >= 0.3 is 0 Å². The topological polar surface area (TPSA) is 75.8 Å². The number of aromatic nitrogens is 1. The number of rotatable bonds is 5.